The van der Waals surface area contributed by atoms with Gasteiger partial charge < -0.3 is 9.05 Å². The first-order valence-electron chi connectivity index (χ1n) is 9.13. The Bertz CT molecular complexity index is 1050. The third kappa shape index (κ3) is 4.30. The van der Waals surface area contributed by atoms with Gasteiger partial charge in [-0.2, -0.15) is 0 Å². The lowest BCUT2D eigenvalue weighted by atomic mass is 9.97. The van der Waals surface area contributed by atoms with Crippen molar-refractivity contribution in [3.8, 4) is 22.6 Å². The minimum Gasteiger partial charge on any atom is -0.395 e. The first kappa shape index (κ1) is 20.2. The van der Waals surface area contributed by atoms with Crippen LogP contribution in [0.2, 0.25) is 0 Å². The van der Waals surface area contributed by atoms with Crippen LogP contribution in [-0.4, -0.2) is 4.89 Å². The van der Waals surface area contributed by atoms with Crippen LogP contribution in [0, 0.1) is 34.6 Å². The zero-order valence-corrected chi connectivity index (χ0v) is 17.7. The fraction of sp³-hybridized carbons (Fsp3) is 0.217. The van der Waals surface area contributed by atoms with Gasteiger partial charge in [0.15, 0.2) is 0 Å². The molecule has 0 aliphatic rings. The summed E-state index contributed by atoms with van der Waals surface area (Å²) in [5.74, 6) is 0.713. The van der Waals surface area contributed by atoms with Crippen LogP contribution >= 0.6 is 7.82 Å². The van der Waals surface area contributed by atoms with Gasteiger partial charge in [-0.25, -0.2) is 4.57 Å². The summed E-state index contributed by atoms with van der Waals surface area (Å²) in [6.07, 6.45) is 0. The molecule has 1 unspecified atom stereocenters. The molecule has 0 fully saturated rings. The molecule has 0 aliphatic carbocycles. The van der Waals surface area contributed by atoms with E-state index in [0.29, 0.717) is 11.5 Å². The van der Waals surface area contributed by atoms with Crippen LogP contribution in [0.15, 0.2) is 54.6 Å². The van der Waals surface area contributed by atoms with E-state index in [0.717, 1.165) is 33.4 Å². The lowest BCUT2D eigenvalue weighted by Crippen LogP contribution is -2.04. The van der Waals surface area contributed by atoms with E-state index in [9.17, 15) is 9.46 Å². The van der Waals surface area contributed by atoms with Crippen LogP contribution in [0.3, 0.4) is 0 Å². The van der Waals surface area contributed by atoms with Crippen molar-refractivity contribution < 1.29 is 18.5 Å². The van der Waals surface area contributed by atoms with Crippen molar-refractivity contribution in [3.05, 3.63) is 82.4 Å². The Morgan fingerprint density at radius 2 is 1.43 bits per heavy atom. The van der Waals surface area contributed by atoms with Gasteiger partial charge in [0, 0.05) is 0 Å². The Morgan fingerprint density at radius 1 is 0.750 bits per heavy atom. The summed E-state index contributed by atoms with van der Waals surface area (Å²) in [6, 6.07) is 17.4. The van der Waals surface area contributed by atoms with Gasteiger partial charge in [-0.3, -0.25) is 4.89 Å². The van der Waals surface area contributed by atoms with Crippen LogP contribution in [0.1, 0.15) is 27.8 Å². The van der Waals surface area contributed by atoms with Gasteiger partial charge in [-0.05, 0) is 74.1 Å². The highest BCUT2D eigenvalue weighted by Gasteiger charge is 2.28. The molecular weight excluding hydrogens is 371 g/mol. The lowest BCUT2D eigenvalue weighted by Gasteiger charge is -2.20. The molecule has 0 saturated heterocycles. The molecule has 146 valence electrons. The highest BCUT2D eigenvalue weighted by molar-refractivity contribution is 7.48. The van der Waals surface area contributed by atoms with Crippen LogP contribution in [0.5, 0.6) is 11.5 Å². The van der Waals surface area contributed by atoms with Gasteiger partial charge in [0.1, 0.15) is 11.5 Å². The fourth-order valence-electron chi connectivity index (χ4n) is 3.09. The molecule has 0 bridgehead atoms. The molecule has 1 N–H and O–H groups in total. The summed E-state index contributed by atoms with van der Waals surface area (Å²) in [5, 5.41) is 0. The predicted molar refractivity (Wildman–Crippen MR) is 113 cm³/mol. The van der Waals surface area contributed by atoms with E-state index in [-0.39, 0.29) is 0 Å². The van der Waals surface area contributed by atoms with E-state index in [1.807, 2.05) is 77.1 Å². The van der Waals surface area contributed by atoms with Crippen molar-refractivity contribution in [1.82, 2.24) is 0 Å². The number of phosphoric ester groups is 1. The molecule has 0 aliphatic heterocycles. The Kier molecular flexibility index (Phi) is 5.64. The third-order valence-electron chi connectivity index (χ3n) is 4.94. The summed E-state index contributed by atoms with van der Waals surface area (Å²) < 4.78 is 23.6. The van der Waals surface area contributed by atoms with Crippen molar-refractivity contribution in [2.45, 2.75) is 34.6 Å². The van der Waals surface area contributed by atoms with E-state index in [4.69, 9.17) is 9.05 Å². The Hall–Kier alpha value is -2.55. The van der Waals surface area contributed by atoms with Gasteiger partial charge in [-0.1, -0.05) is 54.1 Å². The topological polar surface area (TPSA) is 55.8 Å². The van der Waals surface area contributed by atoms with Crippen LogP contribution in [0.4, 0.5) is 0 Å². The second-order valence-corrected chi connectivity index (χ2v) is 8.40. The number of hydrogen-bond donors (Lipinski definition) is 1. The summed E-state index contributed by atoms with van der Waals surface area (Å²) in [7, 11) is -4.36. The van der Waals surface area contributed by atoms with E-state index >= 15 is 0 Å². The Labute approximate surface area is 166 Å². The van der Waals surface area contributed by atoms with E-state index in [1.165, 1.54) is 5.56 Å². The van der Waals surface area contributed by atoms with Crippen molar-refractivity contribution in [2.75, 3.05) is 0 Å². The fourth-order valence-corrected chi connectivity index (χ4v) is 4.09. The highest BCUT2D eigenvalue weighted by Crippen LogP contribution is 2.48. The molecule has 0 radical (unpaired) electrons. The van der Waals surface area contributed by atoms with Crippen molar-refractivity contribution in [2.24, 2.45) is 0 Å². The SMILES string of the molecule is Cc1ccc(-c2ccc(C)c(OP(=O)(O)Oc3cccc(C)c3C)c2C)cc1. The maximum Gasteiger partial charge on any atom is 0.584 e. The minimum absolute atomic E-state index is 0.343. The smallest absolute Gasteiger partial charge is 0.395 e. The Morgan fingerprint density at radius 3 is 2.11 bits per heavy atom. The van der Waals surface area contributed by atoms with Crippen LogP contribution < -0.4 is 9.05 Å². The standard InChI is InChI=1S/C23H25O4P/c1-15-9-12-20(13-10-15)21-14-11-17(3)23(19(21)5)27-28(24,25)26-22-8-6-7-16(2)18(22)4/h6-14H,1-5H3,(H,24,25). The lowest BCUT2D eigenvalue weighted by molar-refractivity contribution is 0.289. The average molecular weight is 396 g/mol. The zero-order valence-electron chi connectivity index (χ0n) is 16.8. The average Bonchev–Trinajstić information content (AvgIpc) is 2.63. The third-order valence-corrected chi connectivity index (χ3v) is 5.78. The first-order valence-corrected chi connectivity index (χ1v) is 10.6. The van der Waals surface area contributed by atoms with Gasteiger partial charge in [0.25, 0.3) is 0 Å². The number of benzene rings is 3. The molecule has 0 amide bonds. The van der Waals surface area contributed by atoms with Crippen LogP contribution in [0.25, 0.3) is 11.1 Å². The molecule has 3 aromatic carbocycles. The molecule has 0 heterocycles. The molecular formula is C23H25O4P. The van der Waals surface area contributed by atoms with Crippen molar-refractivity contribution >= 4 is 7.82 Å². The van der Waals surface area contributed by atoms with Crippen molar-refractivity contribution in [1.29, 1.82) is 0 Å². The second-order valence-electron chi connectivity index (χ2n) is 7.10. The van der Waals surface area contributed by atoms with Gasteiger partial charge in [0.2, 0.25) is 0 Å². The molecule has 0 spiro atoms. The maximum absolute atomic E-state index is 12.7. The van der Waals surface area contributed by atoms with Crippen molar-refractivity contribution in [3.63, 3.8) is 0 Å². The summed E-state index contributed by atoms with van der Waals surface area (Å²) >= 11 is 0. The molecule has 0 aromatic heterocycles. The normalized spacial score (nSPS) is 13.1. The van der Waals surface area contributed by atoms with E-state index in [1.54, 1.807) is 12.1 Å². The Balaban J connectivity index is 1.94. The molecule has 5 heteroatoms. The summed E-state index contributed by atoms with van der Waals surface area (Å²) in [5.41, 5.74) is 6.50. The molecule has 28 heavy (non-hydrogen) atoms. The summed E-state index contributed by atoms with van der Waals surface area (Å²) in [4.78, 5) is 10.4. The number of aryl methyl sites for hydroxylation is 3. The van der Waals surface area contributed by atoms with E-state index < -0.39 is 7.82 Å². The minimum atomic E-state index is -4.36. The highest BCUT2D eigenvalue weighted by atomic mass is 31.2. The molecule has 3 rings (SSSR count). The monoisotopic (exact) mass is 396 g/mol. The zero-order chi connectivity index (χ0) is 20.5. The van der Waals surface area contributed by atoms with Gasteiger partial charge in [-0.15, -0.1) is 0 Å². The van der Waals surface area contributed by atoms with Crippen LogP contribution in [-0.2, 0) is 4.57 Å². The largest absolute Gasteiger partial charge is 0.584 e. The van der Waals surface area contributed by atoms with Gasteiger partial charge >= 0.3 is 7.82 Å². The molecule has 0 saturated carbocycles. The number of rotatable bonds is 5. The van der Waals surface area contributed by atoms with Gasteiger partial charge in [0.05, 0.1) is 0 Å². The molecule has 4 nitrogen and oxygen atoms in total. The summed E-state index contributed by atoms with van der Waals surface area (Å²) in [6.45, 7) is 9.53. The number of hydrogen-bond acceptors (Lipinski definition) is 3. The first-order chi connectivity index (χ1) is 13.2. The quantitative estimate of drug-likeness (QED) is 0.503. The molecule has 1 atom stereocenters. The second kappa shape index (κ2) is 7.83. The number of phosphoric acid groups is 1. The maximum atomic E-state index is 12.7. The predicted octanol–water partition coefficient (Wildman–Crippen LogP) is 6.45. The molecule has 3 aromatic rings. The van der Waals surface area contributed by atoms with E-state index in [2.05, 4.69) is 0 Å².